The van der Waals surface area contributed by atoms with E-state index in [-0.39, 0.29) is 5.69 Å². The van der Waals surface area contributed by atoms with Crippen LogP contribution in [0.15, 0.2) is 42.5 Å². The zero-order valence-corrected chi connectivity index (χ0v) is 11.7. The number of benzene rings is 2. The van der Waals surface area contributed by atoms with Crippen molar-refractivity contribution < 1.29 is 18.3 Å². The van der Waals surface area contributed by atoms with Gasteiger partial charge in [-0.05, 0) is 37.6 Å². The lowest BCUT2D eigenvalue weighted by molar-refractivity contribution is -0.122. The normalized spacial score (nSPS) is 11.8. The van der Waals surface area contributed by atoms with Gasteiger partial charge < -0.3 is 10.1 Å². The minimum atomic E-state index is -1.01. The number of hydrogen-bond acceptors (Lipinski definition) is 2. The van der Waals surface area contributed by atoms with Gasteiger partial charge in [-0.25, -0.2) is 8.78 Å². The number of amides is 1. The maximum atomic E-state index is 13.1. The zero-order chi connectivity index (χ0) is 15.4. The molecule has 110 valence electrons. The number of nitrogens with one attached hydrogen (secondary N) is 1. The molecule has 0 aliphatic rings. The Morgan fingerprint density at radius 2 is 1.86 bits per heavy atom. The number of halogens is 2. The molecule has 2 aromatic rings. The molecule has 1 N–H and O–H groups in total. The SMILES string of the molecule is Cc1ccccc1O[C@H](C)C(=O)Nc1ccc(F)c(F)c1. The van der Waals surface area contributed by atoms with Crippen LogP contribution in [0, 0.1) is 18.6 Å². The molecule has 2 aromatic carbocycles. The molecule has 3 nitrogen and oxygen atoms in total. The zero-order valence-electron chi connectivity index (χ0n) is 11.7. The number of ether oxygens (including phenoxy) is 1. The minimum absolute atomic E-state index is 0.180. The molecule has 2 rings (SSSR count). The van der Waals surface area contributed by atoms with Crippen LogP contribution in [0.25, 0.3) is 0 Å². The standard InChI is InChI=1S/C16H15F2NO2/c1-10-5-3-4-6-15(10)21-11(2)16(20)19-12-7-8-13(17)14(18)9-12/h3-9,11H,1-2H3,(H,19,20)/t11-/m1/s1. The maximum Gasteiger partial charge on any atom is 0.265 e. The third kappa shape index (κ3) is 3.78. The smallest absolute Gasteiger partial charge is 0.265 e. The summed E-state index contributed by atoms with van der Waals surface area (Å²) in [5.74, 6) is -1.81. The molecular weight excluding hydrogens is 276 g/mol. The largest absolute Gasteiger partial charge is 0.481 e. The van der Waals surface area contributed by atoms with Gasteiger partial charge in [0.25, 0.3) is 5.91 Å². The summed E-state index contributed by atoms with van der Waals surface area (Å²) in [6.07, 6.45) is -0.765. The Morgan fingerprint density at radius 3 is 2.52 bits per heavy atom. The van der Waals surface area contributed by atoms with Crippen LogP contribution in [0.1, 0.15) is 12.5 Å². The van der Waals surface area contributed by atoms with E-state index >= 15 is 0 Å². The van der Waals surface area contributed by atoms with Crippen molar-refractivity contribution in [1.82, 2.24) is 0 Å². The molecule has 0 aliphatic carbocycles. The number of para-hydroxylation sites is 1. The Kier molecular flexibility index (Phi) is 4.52. The predicted molar refractivity (Wildman–Crippen MR) is 76.3 cm³/mol. The van der Waals surface area contributed by atoms with Gasteiger partial charge in [0.2, 0.25) is 0 Å². The molecule has 0 aliphatic heterocycles. The van der Waals surface area contributed by atoms with E-state index in [1.54, 1.807) is 13.0 Å². The maximum absolute atomic E-state index is 13.1. The first-order valence-corrected chi connectivity index (χ1v) is 6.45. The Morgan fingerprint density at radius 1 is 1.14 bits per heavy atom. The highest BCUT2D eigenvalue weighted by molar-refractivity contribution is 5.94. The number of aryl methyl sites for hydroxylation is 1. The molecule has 0 saturated carbocycles. The van der Waals surface area contributed by atoms with E-state index in [1.807, 2.05) is 25.1 Å². The Labute approximate surface area is 121 Å². The van der Waals surface area contributed by atoms with E-state index in [9.17, 15) is 13.6 Å². The Hall–Kier alpha value is -2.43. The van der Waals surface area contributed by atoms with Gasteiger partial charge in [-0.15, -0.1) is 0 Å². The van der Waals surface area contributed by atoms with Crippen molar-refractivity contribution in [2.24, 2.45) is 0 Å². The summed E-state index contributed by atoms with van der Waals surface area (Å²) >= 11 is 0. The molecule has 1 atom stereocenters. The second kappa shape index (κ2) is 6.35. The second-order valence-corrected chi connectivity index (χ2v) is 4.64. The van der Waals surface area contributed by atoms with Crippen LogP contribution in [-0.2, 0) is 4.79 Å². The lowest BCUT2D eigenvalue weighted by Gasteiger charge is -2.16. The molecule has 0 radical (unpaired) electrons. The van der Waals surface area contributed by atoms with Gasteiger partial charge in [-0.1, -0.05) is 18.2 Å². The van der Waals surface area contributed by atoms with Crippen LogP contribution in [0.2, 0.25) is 0 Å². The van der Waals surface area contributed by atoms with Gasteiger partial charge >= 0.3 is 0 Å². The predicted octanol–water partition coefficient (Wildman–Crippen LogP) is 3.68. The molecule has 0 spiro atoms. The summed E-state index contributed by atoms with van der Waals surface area (Å²) in [6.45, 7) is 3.46. The third-order valence-corrected chi connectivity index (χ3v) is 2.95. The third-order valence-electron chi connectivity index (χ3n) is 2.95. The van der Waals surface area contributed by atoms with E-state index in [1.165, 1.54) is 6.07 Å². The van der Waals surface area contributed by atoms with Gasteiger partial charge in [-0.2, -0.15) is 0 Å². The number of rotatable bonds is 4. The van der Waals surface area contributed by atoms with Gasteiger partial charge in [0.15, 0.2) is 17.7 Å². The van der Waals surface area contributed by atoms with E-state index in [0.29, 0.717) is 5.75 Å². The van der Waals surface area contributed by atoms with E-state index in [0.717, 1.165) is 17.7 Å². The summed E-state index contributed by atoms with van der Waals surface area (Å²) in [5.41, 5.74) is 1.09. The molecule has 0 aromatic heterocycles. The van der Waals surface area contributed by atoms with Crippen molar-refractivity contribution in [1.29, 1.82) is 0 Å². The summed E-state index contributed by atoms with van der Waals surface area (Å²) in [6, 6.07) is 10.5. The number of carbonyl (C=O) groups is 1. The van der Waals surface area contributed by atoms with Crippen molar-refractivity contribution in [2.45, 2.75) is 20.0 Å². The molecule has 5 heteroatoms. The molecule has 0 saturated heterocycles. The van der Waals surface area contributed by atoms with Crippen molar-refractivity contribution in [3.63, 3.8) is 0 Å². The highest BCUT2D eigenvalue weighted by Gasteiger charge is 2.16. The van der Waals surface area contributed by atoms with Crippen LogP contribution >= 0.6 is 0 Å². The summed E-state index contributed by atoms with van der Waals surface area (Å²) in [5, 5.41) is 2.48. The van der Waals surface area contributed by atoms with Gasteiger partial charge in [0, 0.05) is 11.8 Å². The summed E-state index contributed by atoms with van der Waals surface area (Å²) < 4.78 is 31.4. The molecular formula is C16H15F2NO2. The average molecular weight is 291 g/mol. The Bertz CT molecular complexity index is 658. The van der Waals surface area contributed by atoms with Gasteiger partial charge in [-0.3, -0.25) is 4.79 Å². The molecule has 0 fully saturated rings. The second-order valence-electron chi connectivity index (χ2n) is 4.64. The van der Waals surface area contributed by atoms with Crippen molar-refractivity contribution in [3.8, 4) is 5.75 Å². The summed E-state index contributed by atoms with van der Waals surface area (Å²) in [4.78, 5) is 12.0. The van der Waals surface area contributed by atoms with E-state index in [4.69, 9.17) is 4.74 Å². The number of hydrogen-bond donors (Lipinski definition) is 1. The quantitative estimate of drug-likeness (QED) is 0.933. The first kappa shape index (κ1) is 15.0. The topological polar surface area (TPSA) is 38.3 Å². The fourth-order valence-electron chi connectivity index (χ4n) is 1.75. The van der Waals surface area contributed by atoms with Crippen molar-refractivity contribution in [3.05, 3.63) is 59.7 Å². The highest BCUT2D eigenvalue weighted by atomic mass is 19.2. The van der Waals surface area contributed by atoms with Gasteiger partial charge in [0.05, 0.1) is 0 Å². The Balaban J connectivity index is 2.02. The first-order chi connectivity index (χ1) is 9.97. The van der Waals surface area contributed by atoms with E-state index < -0.39 is 23.6 Å². The lowest BCUT2D eigenvalue weighted by Crippen LogP contribution is -2.30. The van der Waals surface area contributed by atoms with Crippen molar-refractivity contribution >= 4 is 11.6 Å². The number of carbonyl (C=O) groups excluding carboxylic acids is 1. The minimum Gasteiger partial charge on any atom is -0.481 e. The molecule has 0 unspecified atom stereocenters. The molecule has 0 heterocycles. The van der Waals surface area contributed by atoms with E-state index in [2.05, 4.69) is 5.32 Å². The van der Waals surface area contributed by atoms with Crippen LogP contribution in [0.4, 0.5) is 14.5 Å². The molecule has 0 bridgehead atoms. The summed E-state index contributed by atoms with van der Waals surface area (Å²) in [7, 11) is 0. The van der Waals surface area contributed by atoms with Crippen molar-refractivity contribution in [2.75, 3.05) is 5.32 Å². The van der Waals surface area contributed by atoms with Crippen LogP contribution in [0.5, 0.6) is 5.75 Å². The van der Waals surface area contributed by atoms with Crippen LogP contribution in [0.3, 0.4) is 0 Å². The van der Waals surface area contributed by atoms with Gasteiger partial charge in [0.1, 0.15) is 5.75 Å². The van der Waals surface area contributed by atoms with Crippen LogP contribution in [-0.4, -0.2) is 12.0 Å². The highest BCUT2D eigenvalue weighted by Crippen LogP contribution is 2.19. The molecule has 1 amide bonds. The average Bonchev–Trinajstić information content (AvgIpc) is 2.45. The first-order valence-electron chi connectivity index (χ1n) is 6.45. The molecule has 21 heavy (non-hydrogen) atoms. The van der Waals surface area contributed by atoms with Crippen LogP contribution < -0.4 is 10.1 Å². The fraction of sp³-hybridized carbons (Fsp3) is 0.188. The number of anilines is 1. The monoisotopic (exact) mass is 291 g/mol. The fourth-order valence-corrected chi connectivity index (χ4v) is 1.75. The lowest BCUT2D eigenvalue weighted by atomic mass is 10.2.